The number of hydrogen-bond donors (Lipinski definition) is 0. The first-order chi connectivity index (χ1) is 10.2. The van der Waals surface area contributed by atoms with Gasteiger partial charge in [0.05, 0.1) is 0 Å². The van der Waals surface area contributed by atoms with Crippen LogP contribution in [0.4, 0.5) is 4.39 Å². The molecule has 3 atom stereocenters. The minimum absolute atomic E-state index is 0.150. The van der Waals surface area contributed by atoms with Crippen molar-refractivity contribution in [2.24, 2.45) is 11.8 Å². The Morgan fingerprint density at radius 1 is 1.14 bits per heavy atom. The third-order valence-electron chi connectivity index (χ3n) is 4.97. The van der Waals surface area contributed by atoms with Crippen LogP contribution in [0, 0.1) is 17.7 Å². The molecule has 106 valence electrons. The molecule has 0 radical (unpaired) electrons. The SMILES string of the molecule is O=C(Cc1cccc(F)c1)C1C2CCc3ccccc3C21. The number of hydrogen-bond acceptors (Lipinski definition) is 1. The van der Waals surface area contributed by atoms with Gasteiger partial charge < -0.3 is 0 Å². The summed E-state index contributed by atoms with van der Waals surface area (Å²) < 4.78 is 13.2. The van der Waals surface area contributed by atoms with Crippen LogP contribution in [0.25, 0.3) is 0 Å². The van der Waals surface area contributed by atoms with E-state index in [1.54, 1.807) is 6.07 Å². The second-order valence-electron chi connectivity index (χ2n) is 6.23. The summed E-state index contributed by atoms with van der Waals surface area (Å²) in [5, 5.41) is 0. The second kappa shape index (κ2) is 4.80. The maximum Gasteiger partial charge on any atom is 0.141 e. The van der Waals surface area contributed by atoms with Gasteiger partial charge in [0.25, 0.3) is 0 Å². The van der Waals surface area contributed by atoms with Crippen molar-refractivity contribution in [3.63, 3.8) is 0 Å². The molecule has 1 nitrogen and oxygen atoms in total. The van der Waals surface area contributed by atoms with E-state index in [1.165, 1.54) is 23.3 Å². The van der Waals surface area contributed by atoms with Crippen LogP contribution < -0.4 is 0 Å². The van der Waals surface area contributed by atoms with Crippen molar-refractivity contribution in [1.82, 2.24) is 0 Å². The smallest absolute Gasteiger partial charge is 0.141 e. The number of rotatable bonds is 3. The number of aryl methyl sites for hydroxylation is 1. The van der Waals surface area contributed by atoms with Crippen LogP contribution in [0.2, 0.25) is 0 Å². The maximum atomic E-state index is 13.2. The molecule has 0 spiro atoms. The van der Waals surface area contributed by atoms with Crippen LogP contribution in [0.5, 0.6) is 0 Å². The van der Waals surface area contributed by atoms with Crippen molar-refractivity contribution < 1.29 is 9.18 Å². The van der Waals surface area contributed by atoms with Crippen LogP contribution in [0.15, 0.2) is 48.5 Å². The predicted octanol–water partition coefficient (Wildman–Crippen LogP) is 3.91. The molecular formula is C19H17FO. The fourth-order valence-electron chi connectivity index (χ4n) is 3.97. The monoisotopic (exact) mass is 280 g/mol. The summed E-state index contributed by atoms with van der Waals surface area (Å²) in [6, 6.07) is 14.9. The van der Waals surface area contributed by atoms with E-state index in [2.05, 4.69) is 24.3 Å². The first-order valence-electron chi connectivity index (χ1n) is 7.59. The summed E-state index contributed by atoms with van der Waals surface area (Å²) in [6.45, 7) is 0. The van der Waals surface area contributed by atoms with E-state index in [1.807, 2.05) is 6.07 Å². The highest BCUT2D eigenvalue weighted by Crippen LogP contribution is 2.60. The molecule has 2 aliphatic carbocycles. The van der Waals surface area contributed by atoms with Crippen LogP contribution in [0.3, 0.4) is 0 Å². The van der Waals surface area contributed by atoms with Crippen LogP contribution in [0.1, 0.15) is 29.0 Å². The van der Waals surface area contributed by atoms with E-state index in [4.69, 9.17) is 0 Å². The lowest BCUT2D eigenvalue weighted by atomic mass is 9.92. The molecule has 0 saturated heterocycles. The van der Waals surface area contributed by atoms with Gasteiger partial charge in [-0.3, -0.25) is 4.79 Å². The Kier molecular flexibility index (Phi) is 2.91. The third kappa shape index (κ3) is 2.19. The summed E-state index contributed by atoms with van der Waals surface area (Å²) in [7, 11) is 0. The number of fused-ring (bicyclic) bond motifs is 3. The van der Waals surface area contributed by atoms with E-state index >= 15 is 0 Å². The van der Waals surface area contributed by atoms with Gasteiger partial charge in [-0.25, -0.2) is 4.39 Å². The lowest BCUT2D eigenvalue weighted by molar-refractivity contribution is -0.120. The Morgan fingerprint density at radius 2 is 2.00 bits per heavy atom. The highest BCUT2D eigenvalue weighted by Gasteiger charge is 2.56. The Labute approximate surface area is 123 Å². The molecule has 3 unspecified atom stereocenters. The molecular weight excluding hydrogens is 263 g/mol. The van der Waals surface area contributed by atoms with Gasteiger partial charge in [0.1, 0.15) is 11.6 Å². The van der Waals surface area contributed by atoms with Gasteiger partial charge in [0.15, 0.2) is 0 Å². The van der Waals surface area contributed by atoms with Gasteiger partial charge >= 0.3 is 0 Å². The maximum absolute atomic E-state index is 13.2. The molecule has 0 N–H and O–H groups in total. The van der Waals surface area contributed by atoms with Crippen LogP contribution in [-0.4, -0.2) is 5.78 Å². The molecule has 2 heteroatoms. The quantitative estimate of drug-likeness (QED) is 0.833. The molecule has 2 aromatic rings. The van der Waals surface area contributed by atoms with Crippen LogP contribution >= 0.6 is 0 Å². The van der Waals surface area contributed by atoms with E-state index in [9.17, 15) is 9.18 Å². The molecule has 4 rings (SSSR count). The number of carbonyl (C=O) groups is 1. The summed E-state index contributed by atoms with van der Waals surface area (Å²) in [6.07, 6.45) is 2.56. The average molecular weight is 280 g/mol. The molecule has 1 fully saturated rings. The summed E-state index contributed by atoms with van der Waals surface area (Å²) in [4.78, 5) is 12.5. The van der Waals surface area contributed by atoms with Crippen molar-refractivity contribution >= 4 is 5.78 Å². The molecule has 0 aromatic heterocycles. The number of halogens is 1. The fourth-order valence-corrected chi connectivity index (χ4v) is 3.97. The highest BCUT2D eigenvalue weighted by molar-refractivity contribution is 5.88. The number of benzene rings is 2. The predicted molar refractivity (Wildman–Crippen MR) is 79.6 cm³/mol. The standard InChI is InChI=1S/C19H17FO/c20-14-6-3-4-12(10-14)11-17(21)19-16-9-8-13-5-1-2-7-15(13)18(16)19/h1-7,10,16,18-19H,8-9,11H2. The van der Waals surface area contributed by atoms with E-state index < -0.39 is 0 Å². The van der Waals surface area contributed by atoms with E-state index in [0.29, 0.717) is 18.3 Å². The molecule has 1 saturated carbocycles. The zero-order chi connectivity index (χ0) is 14.4. The van der Waals surface area contributed by atoms with Gasteiger partial charge in [-0.15, -0.1) is 0 Å². The van der Waals surface area contributed by atoms with Gasteiger partial charge in [-0.2, -0.15) is 0 Å². The van der Waals surface area contributed by atoms with Crippen molar-refractivity contribution in [3.05, 3.63) is 71.0 Å². The van der Waals surface area contributed by atoms with Crippen molar-refractivity contribution in [1.29, 1.82) is 0 Å². The van der Waals surface area contributed by atoms with Gasteiger partial charge in [0.2, 0.25) is 0 Å². The molecule has 0 aliphatic heterocycles. The van der Waals surface area contributed by atoms with E-state index in [0.717, 1.165) is 18.4 Å². The zero-order valence-corrected chi connectivity index (χ0v) is 11.8. The van der Waals surface area contributed by atoms with Crippen LogP contribution in [-0.2, 0) is 17.6 Å². The largest absolute Gasteiger partial charge is 0.299 e. The van der Waals surface area contributed by atoms with Crippen molar-refractivity contribution in [3.8, 4) is 0 Å². The second-order valence-corrected chi connectivity index (χ2v) is 6.23. The van der Waals surface area contributed by atoms with Gasteiger partial charge in [-0.1, -0.05) is 36.4 Å². The zero-order valence-electron chi connectivity index (χ0n) is 11.8. The minimum Gasteiger partial charge on any atom is -0.299 e. The topological polar surface area (TPSA) is 17.1 Å². The summed E-state index contributed by atoms with van der Waals surface area (Å²) in [5.74, 6) is 1.08. The number of carbonyl (C=O) groups excluding carboxylic acids is 1. The Morgan fingerprint density at radius 3 is 2.86 bits per heavy atom. The Hall–Kier alpha value is -1.96. The Balaban J connectivity index is 1.53. The molecule has 0 bridgehead atoms. The third-order valence-corrected chi connectivity index (χ3v) is 4.97. The molecule has 2 aliphatic rings. The molecule has 0 heterocycles. The Bertz CT molecular complexity index is 706. The summed E-state index contributed by atoms with van der Waals surface area (Å²) >= 11 is 0. The first kappa shape index (κ1) is 12.8. The summed E-state index contributed by atoms with van der Waals surface area (Å²) in [5.41, 5.74) is 3.56. The average Bonchev–Trinajstić information content (AvgIpc) is 3.22. The molecule has 0 amide bonds. The molecule has 2 aromatic carbocycles. The normalized spacial score (nSPS) is 25.9. The van der Waals surface area contributed by atoms with Crippen molar-refractivity contribution in [2.75, 3.05) is 0 Å². The highest BCUT2D eigenvalue weighted by atomic mass is 19.1. The number of ketones is 1. The fraction of sp³-hybridized carbons (Fsp3) is 0.316. The lowest BCUT2D eigenvalue weighted by Crippen LogP contribution is -2.07. The van der Waals surface area contributed by atoms with Crippen molar-refractivity contribution in [2.45, 2.75) is 25.2 Å². The van der Waals surface area contributed by atoms with Gasteiger partial charge in [-0.05, 0) is 53.5 Å². The van der Waals surface area contributed by atoms with Gasteiger partial charge in [0, 0.05) is 12.3 Å². The lowest BCUT2D eigenvalue weighted by Gasteiger charge is -2.13. The minimum atomic E-state index is -0.265. The number of Topliss-reactive ketones (excluding diaryl/α,β-unsaturated/α-hetero) is 1. The van der Waals surface area contributed by atoms with E-state index in [-0.39, 0.29) is 17.5 Å². The first-order valence-corrected chi connectivity index (χ1v) is 7.59. The molecule has 21 heavy (non-hydrogen) atoms.